The average molecular weight is 419 g/mol. The summed E-state index contributed by atoms with van der Waals surface area (Å²) in [4.78, 5) is 29.0. The van der Waals surface area contributed by atoms with Gasteiger partial charge in [0.15, 0.2) is 0 Å². The van der Waals surface area contributed by atoms with Crippen LogP contribution in [0.5, 0.6) is 0 Å². The molecule has 0 unspecified atom stereocenters. The second kappa shape index (κ2) is 7.47. The summed E-state index contributed by atoms with van der Waals surface area (Å²) in [6.45, 7) is 2.52. The Morgan fingerprint density at radius 3 is 2.26 bits per heavy atom. The van der Waals surface area contributed by atoms with Crippen LogP contribution in [-0.4, -0.2) is 76.3 Å². The van der Waals surface area contributed by atoms with Gasteiger partial charge in [-0.2, -0.15) is 5.10 Å². The standard InChI is InChI=1S/C23H25N5O3/c1-26-20-12-18(6-7-19(20)13-25-26)16-2-4-17(5-3-16)21(29)27-8-10-28(11-9-27)22(30)23(24)14-31-15-23/h2-7,12-13H,8-11,14-15,24H2,1H3. The minimum Gasteiger partial charge on any atom is -0.376 e. The van der Waals surface area contributed by atoms with E-state index in [1.165, 1.54) is 0 Å². The second-order valence-electron chi connectivity index (χ2n) is 8.35. The van der Waals surface area contributed by atoms with Gasteiger partial charge in [0, 0.05) is 44.2 Å². The molecular weight excluding hydrogens is 394 g/mol. The van der Waals surface area contributed by atoms with Crippen molar-refractivity contribution in [1.29, 1.82) is 0 Å². The molecule has 5 rings (SSSR count). The SMILES string of the molecule is Cn1ncc2ccc(-c3ccc(C(=O)N4CCN(C(=O)C5(N)COC5)CC4)cc3)cc21. The quantitative estimate of drug-likeness (QED) is 0.690. The largest absolute Gasteiger partial charge is 0.376 e. The fraction of sp³-hybridized carbons (Fsp3) is 0.348. The van der Waals surface area contributed by atoms with Crippen molar-refractivity contribution < 1.29 is 14.3 Å². The van der Waals surface area contributed by atoms with Gasteiger partial charge in [-0.1, -0.05) is 24.3 Å². The fourth-order valence-corrected chi connectivity index (χ4v) is 4.18. The number of nitrogens with zero attached hydrogens (tertiary/aromatic N) is 4. The Labute approximate surface area is 180 Å². The number of hydrogen-bond donors (Lipinski definition) is 1. The van der Waals surface area contributed by atoms with Crippen molar-refractivity contribution in [1.82, 2.24) is 19.6 Å². The lowest BCUT2D eigenvalue weighted by molar-refractivity contribution is -0.155. The number of amides is 2. The molecule has 0 atom stereocenters. The minimum absolute atomic E-state index is 0.0184. The van der Waals surface area contributed by atoms with Gasteiger partial charge >= 0.3 is 0 Å². The van der Waals surface area contributed by atoms with E-state index in [1.54, 1.807) is 9.80 Å². The molecule has 8 heteroatoms. The van der Waals surface area contributed by atoms with Crippen LogP contribution < -0.4 is 5.73 Å². The highest BCUT2D eigenvalue weighted by Gasteiger charge is 2.45. The molecule has 0 aliphatic carbocycles. The maximum atomic E-state index is 12.9. The van der Waals surface area contributed by atoms with E-state index in [0.717, 1.165) is 22.0 Å². The monoisotopic (exact) mass is 419 g/mol. The molecule has 160 valence electrons. The van der Waals surface area contributed by atoms with Crippen LogP contribution >= 0.6 is 0 Å². The number of aromatic nitrogens is 2. The fourth-order valence-electron chi connectivity index (χ4n) is 4.18. The van der Waals surface area contributed by atoms with Crippen LogP contribution in [0.25, 0.3) is 22.0 Å². The molecule has 0 saturated carbocycles. The lowest BCUT2D eigenvalue weighted by Gasteiger charge is -2.43. The van der Waals surface area contributed by atoms with Crippen LogP contribution in [0, 0.1) is 0 Å². The van der Waals surface area contributed by atoms with E-state index < -0.39 is 5.54 Å². The van der Waals surface area contributed by atoms with Crippen molar-refractivity contribution in [2.24, 2.45) is 12.8 Å². The summed E-state index contributed by atoms with van der Waals surface area (Å²) in [5.41, 5.74) is 9.01. The van der Waals surface area contributed by atoms with E-state index in [2.05, 4.69) is 23.3 Å². The van der Waals surface area contributed by atoms with Crippen molar-refractivity contribution in [2.45, 2.75) is 5.54 Å². The van der Waals surface area contributed by atoms with Gasteiger partial charge < -0.3 is 20.3 Å². The summed E-state index contributed by atoms with van der Waals surface area (Å²) in [6.07, 6.45) is 1.85. The van der Waals surface area contributed by atoms with Crippen LogP contribution in [0.1, 0.15) is 10.4 Å². The zero-order chi connectivity index (χ0) is 21.6. The van der Waals surface area contributed by atoms with Gasteiger partial charge in [-0.15, -0.1) is 0 Å². The third-order valence-electron chi connectivity index (χ3n) is 6.21. The van der Waals surface area contributed by atoms with Crippen LogP contribution in [0.15, 0.2) is 48.7 Å². The molecule has 1 aromatic heterocycles. The number of nitrogens with two attached hydrogens (primary N) is 1. The summed E-state index contributed by atoms with van der Waals surface area (Å²) < 4.78 is 6.94. The minimum atomic E-state index is -0.888. The van der Waals surface area contributed by atoms with E-state index in [-0.39, 0.29) is 25.0 Å². The molecule has 0 bridgehead atoms. The number of ether oxygens (including phenoxy) is 1. The van der Waals surface area contributed by atoms with Gasteiger partial charge in [0.2, 0.25) is 5.91 Å². The van der Waals surface area contributed by atoms with Crippen molar-refractivity contribution in [2.75, 3.05) is 39.4 Å². The first kappa shape index (κ1) is 19.7. The first-order chi connectivity index (χ1) is 14.9. The molecule has 3 aromatic rings. The Kier molecular flexibility index (Phi) is 4.75. The highest BCUT2D eigenvalue weighted by atomic mass is 16.5. The van der Waals surface area contributed by atoms with Crippen LogP contribution in [0.3, 0.4) is 0 Å². The Balaban J connectivity index is 1.25. The van der Waals surface area contributed by atoms with Crippen LogP contribution in [0.2, 0.25) is 0 Å². The highest BCUT2D eigenvalue weighted by Crippen LogP contribution is 2.25. The van der Waals surface area contributed by atoms with Gasteiger partial charge in [0.1, 0.15) is 5.54 Å². The molecule has 2 aliphatic heterocycles. The summed E-state index contributed by atoms with van der Waals surface area (Å²) in [7, 11) is 1.93. The molecule has 0 radical (unpaired) electrons. The molecule has 0 spiro atoms. The third kappa shape index (κ3) is 3.47. The summed E-state index contributed by atoms with van der Waals surface area (Å²) in [6, 6.07) is 13.9. The number of aryl methyl sites for hydroxylation is 1. The second-order valence-corrected chi connectivity index (χ2v) is 8.35. The Hall–Kier alpha value is -3.23. The van der Waals surface area contributed by atoms with E-state index in [9.17, 15) is 9.59 Å². The average Bonchev–Trinajstić information content (AvgIpc) is 3.17. The summed E-state index contributed by atoms with van der Waals surface area (Å²) in [5.74, 6) is -0.101. The van der Waals surface area contributed by atoms with Crippen LogP contribution in [-0.2, 0) is 16.6 Å². The van der Waals surface area contributed by atoms with E-state index >= 15 is 0 Å². The smallest absolute Gasteiger partial charge is 0.253 e. The third-order valence-corrected chi connectivity index (χ3v) is 6.21. The molecule has 2 fully saturated rings. The van der Waals surface area contributed by atoms with Gasteiger partial charge in [-0.3, -0.25) is 14.3 Å². The van der Waals surface area contributed by atoms with Crippen molar-refractivity contribution in [3.63, 3.8) is 0 Å². The molecule has 8 nitrogen and oxygen atoms in total. The normalized spacial score (nSPS) is 18.1. The Morgan fingerprint density at radius 1 is 0.968 bits per heavy atom. The molecule has 2 saturated heterocycles. The first-order valence-corrected chi connectivity index (χ1v) is 10.4. The zero-order valence-corrected chi connectivity index (χ0v) is 17.5. The maximum absolute atomic E-state index is 12.9. The van der Waals surface area contributed by atoms with Gasteiger partial charge in [-0.25, -0.2) is 0 Å². The number of carbonyl (C=O) groups is 2. The van der Waals surface area contributed by atoms with Crippen molar-refractivity contribution >= 4 is 22.7 Å². The molecule has 31 heavy (non-hydrogen) atoms. The molecule has 2 amide bonds. The van der Waals surface area contributed by atoms with Crippen LogP contribution in [0.4, 0.5) is 0 Å². The predicted octanol–water partition coefficient (Wildman–Crippen LogP) is 1.25. The van der Waals surface area contributed by atoms with E-state index in [0.29, 0.717) is 31.7 Å². The van der Waals surface area contributed by atoms with Crippen molar-refractivity contribution in [3.8, 4) is 11.1 Å². The first-order valence-electron chi connectivity index (χ1n) is 10.4. The molecule has 2 N–H and O–H groups in total. The maximum Gasteiger partial charge on any atom is 0.253 e. The number of benzene rings is 2. The van der Waals surface area contributed by atoms with E-state index in [4.69, 9.17) is 10.5 Å². The highest BCUT2D eigenvalue weighted by molar-refractivity contribution is 5.95. The zero-order valence-electron chi connectivity index (χ0n) is 17.5. The number of hydrogen-bond acceptors (Lipinski definition) is 5. The number of rotatable bonds is 3. The summed E-state index contributed by atoms with van der Waals surface area (Å²) in [5, 5.41) is 5.38. The number of fused-ring (bicyclic) bond motifs is 1. The molecular formula is C23H25N5O3. The summed E-state index contributed by atoms with van der Waals surface area (Å²) >= 11 is 0. The lowest BCUT2D eigenvalue weighted by atomic mass is 9.96. The Bertz CT molecular complexity index is 1140. The topological polar surface area (TPSA) is 93.7 Å². The van der Waals surface area contributed by atoms with E-state index in [1.807, 2.05) is 42.2 Å². The van der Waals surface area contributed by atoms with Gasteiger partial charge in [0.25, 0.3) is 5.91 Å². The number of carbonyl (C=O) groups excluding carboxylic acids is 2. The molecule has 3 heterocycles. The van der Waals surface area contributed by atoms with Crippen molar-refractivity contribution in [3.05, 3.63) is 54.2 Å². The lowest BCUT2D eigenvalue weighted by Crippen LogP contribution is -2.68. The van der Waals surface area contributed by atoms with Gasteiger partial charge in [-0.05, 0) is 29.3 Å². The number of piperazine rings is 1. The predicted molar refractivity (Wildman–Crippen MR) is 116 cm³/mol. The molecule has 2 aromatic carbocycles. The Morgan fingerprint density at radius 2 is 1.61 bits per heavy atom. The van der Waals surface area contributed by atoms with Gasteiger partial charge in [0.05, 0.1) is 24.9 Å². The molecule has 2 aliphatic rings.